The molecule has 0 aromatic heterocycles. The Morgan fingerprint density at radius 3 is 2.33 bits per heavy atom. The van der Waals surface area contributed by atoms with Gasteiger partial charge in [0.15, 0.2) is 0 Å². The van der Waals surface area contributed by atoms with E-state index in [-0.39, 0.29) is 5.92 Å². The van der Waals surface area contributed by atoms with Gasteiger partial charge in [0, 0.05) is 5.92 Å². The molecule has 0 aliphatic heterocycles. The Morgan fingerprint density at radius 1 is 1.42 bits per heavy atom. The molecule has 0 amide bonds. The third kappa shape index (κ3) is 2.51. The summed E-state index contributed by atoms with van der Waals surface area (Å²) in [6, 6.07) is 0. The van der Waals surface area contributed by atoms with E-state index >= 15 is 0 Å². The first-order valence-electron chi connectivity index (χ1n) is 4.52. The van der Waals surface area contributed by atoms with Crippen LogP contribution in [0.5, 0.6) is 0 Å². The van der Waals surface area contributed by atoms with Crippen molar-refractivity contribution in [2.75, 3.05) is 0 Å². The topological polar surface area (TPSA) is 63.3 Å². The van der Waals surface area contributed by atoms with E-state index in [1.807, 2.05) is 0 Å². The van der Waals surface area contributed by atoms with Gasteiger partial charge in [0.1, 0.15) is 0 Å². The van der Waals surface area contributed by atoms with Crippen molar-refractivity contribution in [1.29, 1.82) is 0 Å². The minimum absolute atomic E-state index is 0.273. The Labute approximate surface area is 74.2 Å². The molecule has 0 heterocycles. The Kier molecular flexibility index (Phi) is 3.63. The smallest absolute Gasteiger partial charge is 0.285 e. The van der Waals surface area contributed by atoms with E-state index in [9.17, 15) is 4.57 Å². The Balaban J connectivity index is 2.39. The number of rotatable bonds is 2. The highest BCUT2D eigenvalue weighted by Gasteiger charge is 2.35. The van der Waals surface area contributed by atoms with Crippen LogP contribution in [0.15, 0.2) is 0 Å². The maximum atomic E-state index is 10.7. The summed E-state index contributed by atoms with van der Waals surface area (Å²) < 4.78 is 10.7. The predicted octanol–water partition coefficient (Wildman–Crippen LogP) is 1.83. The minimum atomic E-state index is -2.17. The van der Waals surface area contributed by atoms with Gasteiger partial charge >= 0.3 is 8.03 Å². The van der Waals surface area contributed by atoms with Crippen molar-refractivity contribution in [3.05, 3.63) is 0 Å². The normalized spacial score (nSPS) is 34.4. The molecule has 3 nitrogen and oxygen atoms in total. The van der Waals surface area contributed by atoms with Crippen LogP contribution in [0.25, 0.3) is 0 Å². The van der Waals surface area contributed by atoms with Crippen molar-refractivity contribution in [2.24, 2.45) is 17.6 Å². The lowest BCUT2D eigenvalue weighted by Gasteiger charge is -2.25. The molecule has 0 aromatic carbocycles. The molecule has 4 heteroatoms. The molecule has 12 heavy (non-hydrogen) atoms. The lowest BCUT2D eigenvalue weighted by atomic mass is 9.83. The molecule has 0 spiro atoms. The third-order valence-electron chi connectivity index (χ3n) is 2.80. The first-order chi connectivity index (χ1) is 5.61. The first-order valence-corrected chi connectivity index (χ1v) is 5.80. The van der Waals surface area contributed by atoms with E-state index in [0.717, 1.165) is 31.6 Å². The summed E-state index contributed by atoms with van der Waals surface area (Å²) in [4.78, 5) is 8.82. The molecule has 1 fully saturated rings. The third-order valence-corrected chi connectivity index (χ3v) is 3.73. The van der Waals surface area contributed by atoms with Crippen LogP contribution in [0.2, 0.25) is 0 Å². The highest BCUT2D eigenvalue weighted by Crippen LogP contribution is 2.36. The van der Waals surface area contributed by atoms with Gasteiger partial charge < -0.3 is 0 Å². The molecule has 0 aromatic rings. The molecule has 0 bridgehead atoms. The molecule has 1 aliphatic rings. The second-order valence-corrected chi connectivity index (χ2v) is 5.01. The fourth-order valence-electron chi connectivity index (χ4n) is 1.81. The van der Waals surface area contributed by atoms with E-state index in [1.165, 1.54) is 0 Å². The highest BCUT2D eigenvalue weighted by atomic mass is 31.1. The largest absolute Gasteiger partial charge is 0.524 e. The summed E-state index contributed by atoms with van der Waals surface area (Å²) >= 11 is 0. The van der Waals surface area contributed by atoms with Gasteiger partial charge in [-0.15, -0.1) is 0 Å². The zero-order valence-electron chi connectivity index (χ0n) is 7.44. The standard InChI is InChI=1S/C8H16NO2P/c1-6-2-4-7(5-3-6)8(9)12(10)11/h6-8H,2-5,9H2,1H3/p+1. The second-order valence-electron chi connectivity index (χ2n) is 3.81. The highest BCUT2D eigenvalue weighted by molar-refractivity contribution is 7.38. The molecule has 2 atom stereocenters. The molecule has 3 N–H and O–H groups in total. The maximum absolute atomic E-state index is 10.7. The average molecular weight is 190 g/mol. The molecular formula is C8H17NO2P+. The van der Waals surface area contributed by atoms with Crippen LogP contribution in [-0.2, 0) is 4.57 Å². The van der Waals surface area contributed by atoms with Crippen molar-refractivity contribution in [3.8, 4) is 0 Å². The van der Waals surface area contributed by atoms with Crippen LogP contribution >= 0.6 is 8.03 Å². The molecule has 0 radical (unpaired) electrons. The quantitative estimate of drug-likeness (QED) is 0.653. The Morgan fingerprint density at radius 2 is 1.92 bits per heavy atom. The van der Waals surface area contributed by atoms with Gasteiger partial charge in [0.2, 0.25) is 5.78 Å². The van der Waals surface area contributed by atoms with Crippen LogP contribution in [0, 0.1) is 11.8 Å². The Bertz CT molecular complexity index is 166. The fraction of sp³-hybridized carbons (Fsp3) is 1.00. The van der Waals surface area contributed by atoms with Gasteiger partial charge in [-0.2, -0.15) is 4.89 Å². The van der Waals surface area contributed by atoms with Crippen molar-refractivity contribution in [2.45, 2.75) is 38.4 Å². The van der Waals surface area contributed by atoms with E-state index < -0.39 is 13.8 Å². The fourth-order valence-corrected chi connectivity index (χ4v) is 2.47. The first kappa shape index (κ1) is 10.1. The summed E-state index contributed by atoms with van der Waals surface area (Å²) in [6.07, 6.45) is 4.34. The number of hydrogen-bond donors (Lipinski definition) is 2. The Hall–Kier alpha value is 0.0200. The van der Waals surface area contributed by atoms with Gasteiger partial charge in [-0.05, 0) is 23.3 Å². The minimum Gasteiger partial charge on any atom is -0.285 e. The van der Waals surface area contributed by atoms with Crippen LogP contribution in [-0.4, -0.2) is 10.7 Å². The molecule has 70 valence electrons. The lowest BCUT2D eigenvalue weighted by Crippen LogP contribution is -2.29. The SMILES string of the molecule is CC1CCC(C(N)[P+](=O)O)CC1. The van der Waals surface area contributed by atoms with E-state index in [2.05, 4.69) is 6.92 Å². The predicted molar refractivity (Wildman–Crippen MR) is 48.9 cm³/mol. The summed E-state index contributed by atoms with van der Waals surface area (Å²) in [7, 11) is -2.17. The molecule has 1 saturated carbocycles. The molecular weight excluding hydrogens is 173 g/mol. The molecule has 1 rings (SSSR count). The van der Waals surface area contributed by atoms with E-state index in [1.54, 1.807) is 0 Å². The van der Waals surface area contributed by atoms with E-state index in [0.29, 0.717) is 0 Å². The van der Waals surface area contributed by atoms with Crippen LogP contribution in [0.4, 0.5) is 0 Å². The molecule has 0 saturated heterocycles. The summed E-state index contributed by atoms with van der Waals surface area (Å²) in [5.74, 6) is 0.548. The summed E-state index contributed by atoms with van der Waals surface area (Å²) in [6.45, 7) is 2.22. The summed E-state index contributed by atoms with van der Waals surface area (Å²) in [5, 5.41) is 0. The maximum Gasteiger partial charge on any atom is 0.524 e. The van der Waals surface area contributed by atoms with Crippen molar-refractivity contribution in [1.82, 2.24) is 0 Å². The molecule has 2 unspecified atom stereocenters. The van der Waals surface area contributed by atoms with Gasteiger partial charge in [-0.3, -0.25) is 5.73 Å². The number of nitrogens with two attached hydrogens (primary N) is 1. The van der Waals surface area contributed by atoms with Crippen LogP contribution in [0.1, 0.15) is 32.6 Å². The van der Waals surface area contributed by atoms with Gasteiger partial charge in [-0.1, -0.05) is 19.8 Å². The zero-order valence-corrected chi connectivity index (χ0v) is 8.33. The monoisotopic (exact) mass is 190 g/mol. The van der Waals surface area contributed by atoms with Crippen molar-refractivity contribution in [3.63, 3.8) is 0 Å². The summed E-state index contributed by atoms with van der Waals surface area (Å²) in [5.41, 5.74) is 5.60. The second kappa shape index (κ2) is 4.31. The van der Waals surface area contributed by atoms with Gasteiger partial charge in [0.25, 0.3) is 0 Å². The van der Waals surface area contributed by atoms with Crippen molar-refractivity contribution < 1.29 is 9.46 Å². The lowest BCUT2D eigenvalue weighted by molar-refractivity contribution is 0.277. The number of hydrogen-bond acceptors (Lipinski definition) is 2. The van der Waals surface area contributed by atoms with Crippen LogP contribution < -0.4 is 5.73 Å². The van der Waals surface area contributed by atoms with E-state index in [4.69, 9.17) is 10.6 Å². The van der Waals surface area contributed by atoms with Gasteiger partial charge in [-0.25, -0.2) is 0 Å². The van der Waals surface area contributed by atoms with Gasteiger partial charge in [0.05, 0.1) is 0 Å². The van der Waals surface area contributed by atoms with Crippen molar-refractivity contribution >= 4 is 8.03 Å². The zero-order chi connectivity index (χ0) is 9.14. The molecule has 1 aliphatic carbocycles. The van der Waals surface area contributed by atoms with Crippen LogP contribution in [0.3, 0.4) is 0 Å². The average Bonchev–Trinajstić information content (AvgIpc) is 2.04.